The van der Waals surface area contributed by atoms with Crippen molar-refractivity contribution in [3.05, 3.63) is 59.4 Å². The third-order valence-electron chi connectivity index (χ3n) is 5.58. The Labute approximate surface area is 179 Å². The molecule has 9 nitrogen and oxygen atoms in total. The van der Waals surface area contributed by atoms with E-state index in [4.69, 9.17) is 9.47 Å². The molecule has 5 atom stereocenters. The van der Waals surface area contributed by atoms with Crippen molar-refractivity contribution >= 4 is 17.5 Å². The van der Waals surface area contributed by atoms with Crippen LogP contribution in [0.15, 0.2) is 53.8 Å². The number of Topliss-reactive ketones (excluding diaryl/α,β-unsaturated/α-hetero) is 2. The van der Waals surface area contributed by atoms with Gasteiger partial charge >= 0.3 is 0 Å². The lowest BCUT2D eigenvalue weighted by Gasteiger charge is -2.32. The first kappa shape index (κ1) is 22.8. The standard InChI is InChI=1S/C22H25NO8/c1-4-5-11-14(24)15(25)16-12(2)17(26)21(31-16)19(28)22(30-3,23-20(21)29)18(27)13-9-7-6-8-10-13/h5-11,14-15,19,24-25,28H,4H2,1-3H3,(H,23,29). The molecule has 1 aromatic carbocycles. The Balaban J connectivity index is 1.99. The van der Waals surface area contributed by atoms with Gasteiger partial charge in [-0.15, -0.1) is 0 Å². The van der Waals surface area contributed by atoms with E-state index in [0.29, 0.717) is 6.42 Å². The molecule has 31 heavy (non-hydrogen) atoms. The van der Waals surface area contributed by atoms with Crippen LogP contribution < -0.4 is 5.32 Å². The Hall–Kier alpha value is -2.85. The Morgan fingerprint density at radius 3 is 2.52 bits per heavy atom. The molecule has 0 radical (unpaired) electrons. The SMILES string of the molecule is CCC=CC(O)C(O)C1=C(C)C(=O)C2(O1)C(=O)NC(OC)(C(=O)c1ccccc1)C2O. The van der Waals surface area contributed by atoms with E-state index in [2.05, 4.69) is 5.32 Å². The minimum absolute atomic E-state index is 0.135. The smallest absolute Gasteiger partial charge is 0.278 e. The molecule has 2 aliphatic heterocycles. The second-order valence-electron chi connectivity index (χ2n) is 7.42. The van der Waals surface area contributed by atoms with Gasteiger partial charge in [0.15, 0.2) is 6.10 Å². The van der Waals surface area contributed by atoms with Crippen LogP contribution in [0.1, 0.15) is 30.6 Å². The van der Waals surface area contributed by atoms with E-state index in [9.17, 15) is 29.7 Å². The van der Waals surface area contributed by atoms with Gasteiger partial charge in [-0.1, -0.05) is 49.4 Å². The first-order valence-electron chi connectivity index (χ1n) is 9.80. The number of methoxy groups -OCH3 is 1. The highest BCUT2D eigenvalue weighted by molar-refractivity contribution is 6.23. The number of ketones is 2. The molecule has 1 spiro atoms. The normalized spacial score (nSPS) is 30.1. The van der Waals surface area contributed by atoms with Crippen molar-refractivity contribution in [3.8, 4) is 0 Å². The van der Waals surface area contributed by atoms with E-state index in [1.54, 1.807) is 24.3 Å². The van der Waals surface area contributed by atoms with E-state index in [1.165, 1.54) is 25.1 Å². The number of ether oxygens (including phenoxy) is 2. The van der Waals surface area contributed by atoms with E-state index in [-0.39, 0.29) is 16.9 Å². The highest BCUT2D eigenvalue weighted by Gasteiger charge is 2.74. The molecule has 1 fully saturated rings. The summed E-state index contributed by atoms with van der Waals surface area (Å²) >= 11 is 0. The number of allylic oxidation sites excluding steroid dienone is 1. The fraction of sp³-hybridized carbons (Fsp3) is 0.409. The van der Waals surface area contributed by atoms with Crippen LogP contribution in [0.3, 0.4) is 0 Å². The number of hydrogen-bond donors (Lipinski definition) is 4. The van der Waals surface area contributed by atoms with Gasteiger partial charge in [0.1, 0.15) is 18.0 Å². The number of benzene rings is 1. The minimum Gasteiger partial charge on any atom is -0.467 e. The van der Waals surface area contributed by atoms with Crippen LogP contribution in [0.25, 0.3) is 0 Å². The Bertz CT molecular complexity index is 956. The number of carbonyl (C=O) groups excluding carboxylic acids is 3. The maximum absolute atomic E-state index is 13.1. The molecule has 0 aliphatic carbocycles. The van der Waals surface area contributed by atoms with Gasteiger partial charge in [-0.2, -0.15) is 0 Å². The van der Waals surface area contributed by atoms with E-state index in [1.807, 2.05) is 6.92 Å². The van der Waals surface area contributed by atoms with Crippen LogP contribution in [0.5, 0.6) is 0 Å². The number of nitrogens with one attached hydrogen (secondary N) is 1. The first-order valence-corrected chi connectivity index (χ1v) is 9.80. The van der Waals surface area contributed by atoms with Gasteiger partial charge in [0, 0.05) is 18.2 Å². The molecular formula is C22H25NO8. The van der Waals surface area contributed by atoms with Gasteiger partial charge in [-0.05, 0) is 13.3 Å². The molecule has 0 bridgehead atoms. The third-order valence-corrected chi connectivity index (χ3v) is 5.58. The van der Waals surface area contributed by atoms with Crippen molar-refractivity contribution in [1.29, 1.82) is 0 Å². The summed E-state index contributed by atoms with van der Waals surface area (Å²) in [5.41, 5.74) is -4.83. The van der Waals surface area contributed by atoms with Gasteiger partial charge in [-0.25, -0.2) is 0 Å². The van der Waals surface area contributed by atoms with Gasteiger partial charge in [-0.3, -0.25) is 14.4 Å². The summed E-state index contributed by atoms with van der Waals surface area (Å²) in [6.07, 6.45) is -1.60. The van der Waals surface area contributed by atoms with Crippen LogP contribution in [0.2, 0.25) is 0 Å². The van der Waals surface area contributed by atoms with Gasteiger partial charge in [0.05, 0.1) is 0 Å². The second kappa shape index (κ2) is 8.35. The molecule has 1 saturated heterocycles. The van der Waals surface area contributed by atoms with Crippen molar-refractivity contribution < 1.29 is 39.2 Å². The highest BCUT2D eigenvalue weighted by atomic mass is 16.6. The predicted molar refractivity (Wildman–Crippen MR) is 108 cm³/mol. The van der Waals surface area contributed by atoms with Crippen LogP contribution in [0.4, 0.5) is 0 Å². The highest BCUT2D eigenvalue weighted by Crippen LogP contribution is 2.44. The summed E-state index contributed by atoms with van der Waals surface area (Å²) < 4.78 is 10.8. The van der Waals surface area contributed by atoms with Crippen molar-refractivity contribution in [1.82, 2.24) is 5.32 Å². The van der Waals surface area contributed by atoms with Crippen molar-refractivity contribution in [3.63, 3.8) is 0 Å². The number of aliphatic hydroxyl groups excluding tert-OH is 3. The quantitative estimate of drug-likeness (QED) is 0.269. The summed E-state index contributed by atoms with van der Waals surface area (Å²) in [5, 5.41) is 34.0. The summed E-state index contributed by atoms with van der Waals surface area (Å²) in [6.45, 7) is 3.13. The lowest BCUT2D eigenvalue weighted by atomic mass is 9.85. The average Bonchev–Trinajstić information content (AvgIpc) is 3.18. The minimum atomic E-state index is -2.53. The average molecular weight is 431 g/mol. The molecule has 166 valence electrons. The number of hydrogen-bond acceptors (Lipinski definition) is 8. The van der Waals surface area contributed by atoms with E-state index < -0.39 is 47.1 Å². The van der Waals surface area contributed by atoms with Crippen LogP contribution in [-0.2, 0) is 19.1 Å². The van der Waals surface area contributed by atoms with E-state index >= 15 is 0 Å². The van der Waals surface area contributed by atoms with Crippen LogP contribution in [-0.4, -0.2) is 69.5 Å². The molecular weight excluding hydrogens is 406 g/mol. The molecule has 2 heterocycles. The summed E-state index contributed by atoms with van der Waals surface area (Å²) in [7, 11) is 1.11. The Morgan fingerprint density at radius 1 is 1.29 bits per heavy atom. The predicted octanol–water partition coefficient (Wildman–Crippen LogP) is 0.00280. The Kier molecular flexibility index (Phi) is 6.15. The number of carbonyl (C=O) groups is 3. The molecule has 2 aliphatic rings. The zero-order chi connectivity index (χ0) is 23.0. The molecule has 0 aromatic heterocycles. The molecule has 4 N–H and O–H groups in total. The van der Waals surface area contributed by atoms with Crippen molar-refractivity contribution in [2.75, 3.05) is 7.11 Å². The zero-order valence-corrected chi connectivity index (χ0v) is 17.4. The first-order chi connectivity index (χ1) is 14.7. The number of amides is 1. The number of aliphatic hydroxyl groups is 3. The fourth-order valence-corrected chi connectivity index (χ4v) is 3.81. The Morgan fingerprint density at radius 2 is 1.94 bits per heavy atom. The molecule has 1 aromatic rings. The van der Waals surface area contributed by atoms with Gasteiger partial charge in [0.2, 0.25) is 17.3 Å². The fourth-order valence-electron chi connectivity index (χ4n) is 3.81. The second-order valence-corrected chi connectivity index (χ2v) is 7.42. The maximum atomic E-state index is 13.1. The molecule has 0 saturated carbocycles. The summed E-state index contributed by atoms with van der Waals surface area (Å²) in [4.78, 5) is 39.2. The lowest BCUT2D eigenvalue weighted by Crippen LogP contribution is -2.60. The molecule has 3 rings (SSSR count). The zero-order valence-electron chi connectivity index (χ0n) is 17.4. The van der Waals surface area contributed by atoms with Crippen LogP contribution >= 0.6 is 0 Å². The molecule has 9 heteroatoms. The third kappa shape index (κ3) is 3.30. The molecule has 1 amide bonds. The van der Waals surface area contributed by atoms with E-state index in [0.717, 1.165) is 7.11 Å². The van der Waals surface area contributed by atoms with Crippen molar-refractivity contribution in [2.24, 2.45) is 0 Å². The lowest BCUT2D eigenvalue weighted by molar-refractivity contribution is -0.163. The topological polar surface area (TPSA) is 142 Å². The van der Waals surface area contributed by atoms with Gasteiger partial charge in [0.25, 0.3) is 11.5 Å². The number of rotatable bonds is 7. The van der Waals surface area contributed by atoms with Crippen molar-refractivity contribution in [2.45, 2.75) is 49.9 Å². The monoisotopic (exact) mass is 431 g/mol. The summed E-state index contributed by atoms with van der Waals surface area (Å²) in [6, 6.07) is 7.82. The van der Waals surface area contributed by atoms with Crippen LogP contribution in [0, 0.1) is 0 Å². The largest absolute Gasteiger partial charge is 0.467 e. The summed E-state index contributed by atoms with van der Waals surface area (Å²) in [5.74, 6) is -3.15. The maximum Gasteiger partial charge on any atom is 0.278 e. The van der Waals surface area contributed by atoms with Gasteiger partial charge < -0.3 is 30.1 Å². The molecule has 5 unspecified atom stereocenters.